The Morgan fingerprint density at radius 2 is 1.84 bits per heavy atom. The van der Waals surface area contributed by atoms with Crippen LogP contribution in [0.15, 0.2) is 24.3 Å². The molecular formula is C16H28N2S. The predicted molar refractivity (Wildman–Crippen MR) is 88.0 cm³/mol. The Balaban J connectivity index is 2.01. The molecule has 0 spiro atoms. The maximum absolute atomic E-state index is 3.52. The molecule has 108 valence electrons. The molecule has 0 aliphatic heterocycles. The van der Waals surface area contributed by atoms with Crippen molar-refractivity contribution in [2.24, 2.45) is 0 Å². The topological polar surface area (TPSA) is 15.3 Å². The summed E-state index contributed by atoms with van der Waals surface area (Å²) in [4.78, 5) is 2.45. The van der Waals surface area contributed by atoms with Crippen LogP contribution >= 0.6 is 11.8 Å². The highest BCUT2D eigenvalue weighted by Crippen LogP contribution is 2.15. The van der Waals surface area contributed by atoms with Gasteiger partial charge in [-0.05, 0) is 31.1 Å². The SMILES string of the molecule is CCN(CC)CCNCCSCc1ccccc1C. The van der Waals surface area contributed by atoms with Gasteiger partial charge in [-0.25, -0.2) is 0 Å². The molecule has 0 amide bonds. The molecule has 0 aromatic heterocycles. The molecule has 19 heavy (non-hydrogen) atoms. The lowest BCUT2D eigenvalue weighted by Crippen LogP contribution is -2.32. The number of likely N-dealkylation sites (N-methyl/N-ethyl adjacent to an activating group) is 1. The van der Waals surface area contributed by atoms with Gasteiger partial charge in [0.1, 0.15) is 0 Å². The summed E-state index contributed by atoms with van der Waals surface area (Å²) in [5, 5.41) is 3.52. The minimum atomic E-state index is 1.10. The summed E-state index contributed by atoms with van der Waals surface area (Å²) in [7, 11) is 0. The molecule has 0 heterocycles. The number of benzene rings is 1. The molecule has 1 aromatic rings. The van der Waals surface area contributed by atoms with Gasteiger partial charge in [0, 0.05) is 31.1 Å². The van der Waals surface area contributed by atoms with E-state index >= 15 is 0 Å². The molecule has 1 N–H and O–H groups in total. The maximum Gasteiger partial charge on any atom is 0.0187 e. The van der Waals surface area contributed by atoms with Crippen LogP contribution in [0.2, 0.25) is 0 Å². The van der Waals surface area contributed by atoms with Crippen molar-refractivity contribution in [3.8, 4) is 0 Å². The fraction of sp³-hybridized carbons (Fsp3) is 0.625. The predicted octanol–water partition coefficient (Wildman–Crippen LogP) is 3.16. The van der Waals surface area contributed by atoms with Gasteiger partial charge in [0.15, 0.2) is 0 Å². The van der Waals surface area contributed by atoms with Crippen molar-refractivity contribution in [2.75, 3.05) is 38.5 Å². The summed E-state index contributed by atoms with van der Waals surface area (Å²) in [5.74, 6) is 2.32. The van der Waals surface area contributed by atoms with Crippen LogP contribution in [0.1, 0.15) is 25.0 Å². The Labute approximate surface area is 123 Å². The van der Waals surface area contributed by atoms with Crippen LogP contribution in [0.5, 0.6) is 0 Å². The van der Waals surface area contributed by atoms with E-state index in [0.29, 0.717) is 0 Å². The Morgan fingerprint density at radius 3 is 2.53 bits per heavy atom. The zero-order valence-electron chi connectivity index (χ0n) is 12.6. The van der Waals surface area contributed by atoms with Crippen LogP contribution in [0.3, 0.4) is 0 Å². The standard InChI is InChI=1S/C16H28N2S/c1-4-18(5-2)12-10-17-11-13-19-14-16-9-7-6-8-15(16)3/h6-9,17H,4-5,10-14H2,1-3H3. The third-order valence-electron chi connectivity index (χ3n) is 3.44. The first-order valence-electron chi connectivity index (χ1n) is 7.33. The van der Waals surface area contributed by atoms with Gasteiger partial charge in [0.05, 0.1) is 0 Å². The molecule has 0 saturated carbocycles. The van der Waals surface area contributed by atoms with Crippen molar-refractivity contribution in [3.05, 3.63) is 35.4 Å². The van der Waals surface area contributed by atoms with Gasteiger partial charge in [-0.15, -0.1) is 0 Å². The van der Waals surface area contributed by atoms with Crippen LogP contribution < -0.4 is 5.32 Å². The second-order valence-corrected chi connectivity index (χ2v) is 5.86. The van der Waals surface area contributed by atoms with Gasteiger partial charge in [-0.3, -0.25) is 0 Å². The summed E-state index contributed by atoms with van der Waals surface area (Å²) in [6.45, 7) is 12.3. The Hall–Kier alpha value is -0.510. The van der Waals surface area contributed by atoms with E-state index in [0.717, 1.165) is 38.5 Å². The van der Waals surface area contributed by atoms with Crippen molar-refractivity contribution >= 4 is 11.8 Å². The highest BCUT2D eigenvalue weighted by Gasteiger charge is 1.99. The first-order valence-corrected chi connectivity index (χ1v) is 8.48. The second kappa shape index (κ2) is 10.3. The zero-order valence-corrected chi connectivity index (χ0v) is 13.4. The highest BCUT2D eigenvalue weighted by atomic mass is 32.2. The van der Waals surface area contributed by atoms with E-state index in [1.807, 2.05) is 11.8 Å². The molecule has 0 atom stereocenters. The number of aryl methyl sites for hydroxylation is 1. The van der Waals surface area contributed by atoms with Gasteiger partial charge in [-0.1, -0.05) is 38.1 Å². The van der Waals surface area contributed by atoms with Crippen LogP contribution in [-0.2, 0) is 5.75 Å². The van der Waals surface area contributed by atoms with Gasteiger partial charge < -0.3 is 10.2 Å². The number of nitrogens with zero attached hydrogens (tertiary/aromatic N) is 1. The molecule has 0 fully saturated rings. The van der Waals surface area contributed by atoms with Crippen LogP contribution in [0, 0.1) is 6.92 Å². The third-order valence-corrected chi connectivity index (χ3v) is 4.45. The van der Waals surface area contributed by atoms with Crippen LogP contribution in [0.25, 0.3) is 0 Å². The summed E-state index contributed by atoms with van der Waals surface area (Å²) in [6.07, 6.45) is 0. The van der Waals surface area contributed by atoms with Gasteiger partial charge in [0.25, 0.3) is 0 Å². The van der Waals surface area contributed by atoms with Crippen molar-refractivity contribution in [1.82, 2.24) is 10.2 Å². The molecule has 0 aliphatic rings. The minimum Gasteiger partial charge on any atom is -0.315 e. The molecule has 0 saturated heterocycles. The van der Waals surface area contributed by atoms with E-state index in [2.05, 4.69) is 55.3 Å². The van der Waals surface area contributed by atoms with Gasteiger partial charge in [-0.2, -0.15) is 11.8 Å². The fourth-order valence-corrected chi connectivity index (χ4v) is 2.98. The van der Waals surface area contributed by atoms with E-state index in [9.17, 15) is 0 Å². The highest BCUT2D eigenvalue weighted by molar-refractivity contribution is 7.98. The summed E-state index contributed by atoms with van der Waals surface area (Å²) < 4.78 is 0. The number of hydrogen-bond acceptors (Lipinski definition) is 3. The summed E-state index contributed by atoms with van der Waals surface area (Å²) in [5.41, 5.74) is 2.88. The molecule has 1 rings (SSSR count). The van der Waals surface area contributed by atoms with E-state index in [1.165, 1.54) is 16.9 Å². The van der Waals surface area contributed by atoms with Crippen LogP contribution in [-0.4, -0.2) is 43.4 Å². The first-order chi connectivity index (χ1) is 9.27. The molecule has 2 nitrogen and oxygen atoms in total. The van der Waals surface area contributed by atoms with Crippen molar-refractivity contribution in [2.45, 2.75) is 26.5 Å². The van der Waals surface area contributed by atoms with E-state index in [1.54, 1.807) is 0 Å². The Morgan fingerprint density at radius 1 is 1.11 bits per heavy atom. The van der Waals surface area contributed by atoms with Gasteiger partial charge in [0.2, 0.25) is 0 Å². The number of thioether (sulfide) groups is 1. The van der Waals surface area contributed by atoms with E-state index in [-0.39, 0.29) is 0 Å². The first kappa shape index (κ1) is 16.5. The Bertz CT molecular complexity index is 337. The number of hydrogen-bond donors (Lipinski definition) is 1. The number of rotatable bonds is 10. The lowest BCUT2D eigenvalue weighted by atomic mass is 10.1. The average Bonchev–Trinajstić information content (AvgIpc) is 2.44. The summed E-state index contributed by atoms with van der Waals surface area (Å²) in [6, 6.07) is 8.66. The minimum absolute atomic E-state index is 1.10. The number of nitrogens with one attached hydrogen (secondary N) is 1. The average molecular weight is 280 g/mol. The smallest absolute Gasteiger partial charge is 0.0187 e. The normalized spacial score (nSPS) is 11.2. The van der Waals surface area contributed by atoms with E-state index < -0.39 is 0 Å². The molecule has 0 aliphatic carbocycles. The van der Waals surface area contributed by atoms with E-state index in [4.69, 9.17) is 0 Å². The van der Waals surface area contributed by atoms with Crippen LogP contribution in [0.4, 0.5) is 0 Å². The lowest BCUT2D eigenvalue weighted by Gasteiger charge is -2.17. The molecule has 3 heteroatoms. The third kappa shape index (κ3) is 7.00. The zero-order chi connectivity index (χ0) is 13.9. The molecular weight excluding hydrogens is 252 g/mol. The van der Waals surface area contributed by atoms with Crippen molar-refractivity contribution in [1.29, 1.82) is 0 Å². The molecule has 0 unspecified atom stereocenters. The molecule has 1 aromatic carbocycles. The Kier molecular flexibility index (Phi) is 8.97. The maximum atomic E-state index is 3.52. The molecule has 0 radical (unpaired) electrons. The van der Waals surface area contributed by atoms with Crippen molar-refractivity contribution in [3.63, 3.8) is 0 Å². The van der Waals surface area contributed by atoms with Gasteiger partial charge >= 0.3 is 0 Å². The summed E-state index contributed by atoms with van der Waals surface area (Å²) >= 11 is 2.01. The van der Waals surface area contributed by atoms with Crippen molar-refractivity contribution < 1.29 is 0 Å². The largest absolute Gasteiger partial charge is 0.315 e. The fourth-order valence-electron chi connectivity index (χ4n) is 2.00. The lowest BCUT2D eigenvalue weighted by molar-refractivity contribution is 0.303. The monoisotopic (exact) mass is 280 g/mol. The second-order valence-electron chi connectivity index (χ2n) is 4.76. The molecule has 0 bridgehead atoms. The quantitative estimate of drug-likeness (QED) is 0.663.